The fourth-order valence-corrected chi connectivity index (χ4v) is 4.14. The molecule has 0 spiro atoms. The lowest BCUT2D eigenvalue weighted by atomic mass is 10.0. The largest absolute Gasteiger partial charge is 0.283 e. The lowest BCUT2D eigenvalue weighted by Gasteiger charge is -2.39. The molecule has 0 amide bonds. The Morgan fingerprint density at radius 1 is 1.22 bits per heavy atom. The van der Waals surface area contributed by atoms with Crippen LogP contribution in [-0.2, 0) is 10.0 Å². The molecule has 2 fully saturated rings. The van der Waals surface area contributed by atoms with E-state index in [1.54, 1.807) is 4.31 Å². The molecule has 1 heterocycles. The van der Waals surface area contributed by atoms with Crippen molar-refractivity contribution in [2.24, 2.45) is 5.92 Å². The van der Waals surface area contributed by atoms with Crippen molar-refractivity contribution in [2.75, 3.05) is 31.9 Å². The highest BCUT2D eigenvalue weighted by molar-refractivity contribution is 7.89. The maximum atomic E-state index is 12.1. The highest BCUT2D eigenvalue weighted by atomic mass is 32.2. The molecule has 0 bridgehead atoms. The summed E-state index contributed by atoms with van der Waals surface area (Å²) in [6.45, 7) is 6.07. The number of sulfonamides is 1. The highest BCUT2D eigenvalue weighted by Gasteiger charge is 2.36. The normalized spacial score (nSPS) is 23.8. The second-order valence-electron chi connectivity index (χ2n) is 5.78. The van der Waals surface area contributed by atoms with Crippen molar-refractivity contribution in [2.45, 2.75) is 32.2 Å². The third kappa shape index (κ3) is 3.02. The standard InChI is InChI=1S/C12H21N3O2S/c1-12(2,10-13)14-5-7-15(8-6-14)18(16,17)9-11-3-4-11/h11H,3-9H2,1-2H3. The van der Waals surface area contributed by atoms with E-state index in [1.165, 1.54) is 0 Å². The smallest absolute Gasteiger partial charge is 0.214 e. The summed E-state index contributed by atoms with van der Waals surface area (Å²) >= 11 is 0. The van der Waals surface area contributed by atoms with Gasteiger partial charge in [0.2, 0.25) is 10.0 Å². The van der Waals surface area contributed by atoms with Crippen LogP contribution in [0.15, 0.2) is 0 Å². The highest BCUT2D eigenvalue weighted by Crippen LogP contribution is 2.31. The molecule has 0 atom stereocenters. The Balaban J connectivity index is 1.92. The molecule has 1 aliphatic carbocycles. The molecule has 0 unspecified atom stereocenters. The SMILES string of the molecule is CC(C)(C#N)N1CCN(S(=O)(=O)CC2CC2)CC1. The Morgan fingerprint density at radius 2 is 1.78 bits per heavy atom. The van der Waals surface area contributed by atoms with Gasteiger partial charge in [-0.1, -0.05) is 0 Å². The van der Waals surface area contributed by atoms with Crippen LogP contribution >= 0.6 is 0 Å². The van der Waals surface area contributed by atoms with Crippen molar-refractivity contribution in [3.63, 3.8) is 0 Å². The molecule has 2 rings (SSSR count). The first kappa shape index (κ1) is 13.8. The molecule has 102 valence electrons. The zero-order valence-electron chi connectivity index (χ0n) is 11.1. The van der Waals surface area contributed by atoms with Crippen LogP contribution in [0.25, 0.3) is 0 Å². The molecule has 0 aromatic carbocycles. The second-order valence-corrected chi connectivity index (χ2v) is 7.79. The fourth-order valence-electron chi connectivity index (χ4n) is 2.28. The zero-order chi connectivity index (χ0) is 13.4. The van der Waals surface area contributed by atoms with E-state index in [1.807, 2.05) is 13.8 Å². The number of nitrogens with zero attached hydrogens (tertiary/aromatic N) is 3. The molecule has 1 saturated heterocycles. The minimum Gasteiger partial charge on any atom is -0.283 e. The van der Waals surface area contributed by atoms with Crippen LogP contribution in [-0.4, -0.2) is 55.1 Å². The predicted molar refractivity (Wildman–Crippen MR) is 69.3 cm³/mol. The van der Waals surface area contributed by atoms with Gasteiger partial charge in [0.1, 0.15) is 5.54 Å². The van der Waals surface area contributed by atoms with E-state index >= 15 is 0 Å². The summed E-state index contributed by atoms with van der Waals surface area (Å²) in [4.78, 5) is 2.05. The van der Waals surface area contributed by atoms with Gasteiger partial charge in [-0.05, 0) is 32.6 Å². The van der Waals surface area contributed by atoms with Crippen LogP contribution in [0.4, 0.5) is 0 Å². The van der Waals surface area contributed by atoms with E-state index in [-0.39, 0.29) is 0 Å². The minimum atomic E-state index is -3.07. The predicted octanol–water partition coefficient (Wildman–Crippen LogP) is 0.646. The minimum absolute atomic E-state index is 0.314. The Labute approximate surface area is 109 Å². The van der Waals surface area contributed by atoms with Crippen LogP contribution in [0, 0.1) is 17.2 Å². The molecule has 6 heteroatoms. The summed E-state index contributed by atoms with van der Waals surface area (Å²) in [5.41, 5.74) is -0.508. The molecule has 18 heavy (non-hydrogen) atoms. The van der Waals surface area contributed by atoms with Gasteiger partial charge in [-0.2, -0.15) is 9.57 Å². The Kier molecular flexibility index (Phi) is 3.67. The number of piperazine rings is 1. The molecule has 5 nitrogen and oxygen atoms in total. The molecule has 2 aliphatic rings. The average molecular weight is 271 g/mol. The number of nitriles is 1. The first-order valence-corrected chi connectivity index (χ1v) is 8.10. The lowest BCUT2D eigenvalue weighted by molar-refractivity contribution is 0.115. The third-order valence-corrected chi connectivity index (χ3v) is 5.88. The monoisotopic (exact) mass is 271 g/mol. The topological polar surface area (TPSA) is 64.4 Å². The summed E-state index contributed by atoms with van der Waals surface area (Å²) in [5, 5.41) is 9.08. The van der Waals surface area contributed by atoms with Crippen molar-refractivity contribution in [3.8, 4) is 6.07 Å². The molecule has 1 saturated carbocycles. The van der Waals surface area contributed by atoms with Gasteiger partial charge >= 0.3 is 0 Å². The summed E-state index contributed by atoms with van der Waals surface area (Å²) < 4.78 is 25.8. The summed E-state index contributed by atoms with van der Waals surface area (Å²) in [6, 6.07) is 2.26. The van der Waals surface area contributed by atoms with Gasteiger partial charge in [0.15, 0.2) is 0 Å². The van der Waals surface area contributed by atoms with E-state index in [4.69, 9.17) is 5.26 Å². The molecule has 0 radical (unpaired) electrons. The molecular formula is C12H21N3O2S. The van der Waals surface area contributed by atoms with Gasteiger partial charge in [0.25, 0.3) is 0 Å². The van der Waals surface area contributed by atoms with Gasteiger partial charge in [0.05, 0.1) is 11.8 Å². The van der Waals surface area contributed by atoms with E-state index in [0.29, 0.717) is 37.8 Å². The number of hydrogen-bond acceptors (Lipinski definition) is 4. The van der Waals surface area contributed by atoms with Crippen LogP contribution in [0.5, 0.6) is 0 Å². The molecule has 1 aliphatic heterocycles. The summed E-state index contributed by atoms with van der Waals surface area (Å²) in [7, 11) is -3.07. The second kappa shape index (κ2) is 4.80. The van der Waals surface area contributed by atoms with Gasteiger partial charge in [-0.15, -0.1) is 0 Å². The van der Waals surface area contributed by atoms with E-state index in [0.717, 1.165) is 12.8 Å². The average Bonchev–Trinajstić information content (AvgIpc) is 3.12. The first-order chi connectivity index (χ1) is 8.35. The maximum Gasteiger partial charge on any atom is 0.214 e. The first-order valence-electron chi connectivity index (χ1n) is 6.49. The summed E-state index contributed by atoms with van der Waals surface area (Å²) in [6.07, 6.45) is 2.11. The van der Waals surface area contributed by atoms with Crippen molar-refractivity contribution in [3.05, 3.63) is 0 Å². The van der Waals surface area contributed by atoms with Crippen molar-refractivity contribution in [1.82, 2.24) is 9.21 Å². The van der Waals surface area contributed by atoms with Crippen LogP contribution in [0.2, 0.25) is 0 Å². The van der Waals surface area contributed by atoms with Crippen molar-refractivity contribution >= 4 is 10.0 Å². The van der Waals surface area contributed by atoms with E-state index in [2.05, 4.69) is 11.0 Å². The quantitative estimate of drug-likeness (QED) is 0.753. The lowest BCUT2D eigenvalue weighted by Crippen LogP contribution is -2.55. The van der Waals surface area contributed by atoms with Crippen LogP contribution < -0.4 is 0 Å². The Hall–Kier alpha value is -0.640. The molecule has 0 aromatic rings. The van der Waals surface area contributed by atoms with Crippen molar-refractivity contribution < 1.29 is 8.42 Å². The maximum absolute atomic E-state index is 12.1. The molecular weight excluding hydrogens is 250 g/mol. The van der Waals surface area contributed by atoms with Crippen LogP contribution in [0.3, 0.4) is 0 Å². The van der Waals surface area contributed by atoms with Gasteiger partial charge in [-0.3, -0.25) is 4.90 Å². The molecule has 0 N–H and O–H groups in total. The zero-order valence-corrected chi connectivity index (χ0v) is 11.9. The third-order valence-electron chi connectivity index (χ3n) is 3.84. The van der Waals surface area contributed by atoms with Crippen LogP contribution in [0.1, 0.15) is 26.7 Å². The van der Waals surface area contributed by atoms with Crippen molar-refractivity contribution in [1.29, 1.82) is 5.26 Å². The Morgan fingerprint density at radius 3 is 2.22 bits per heavy atom. The van der Waals surface area contributed by atoms with E-state index in [9.17, 15) is 8.42 Å². The Bertz CT molecular complexity index is 440. The van der Waals surface area contributed by atoms with Gasteiger partial charge in [0, 0.05) is 26.2 Å². The molecule has 0 aromatic heterocycles. The summed E-state index contributed by atoms with van der Waals surface area (Å²) in [5.74, 6) is 0.706. The van der Waals surface area contributed by atoms with E-state index < -0.39 is 15.6 Å². The fraction of sp³-hybridized carbons (Fsp3) is 0.917. The van der Waals surface area contributed by atoms with Gasteiger partial charge in [-0.25, -0.2) is 8.42 Å². The number of hydrogen-bond donors (Lipinski definition) is 0. The number of rotatable bonds is 4. The van der Waals surface area contributed by atoms with Gasteiger partial charge < -0.3 is 0 Å².